The van der Waals surface area contributed by atoms with Gasteiger partial charge in [0.05, 0.1) is 18.3 Å². The van der Waals surface area contributed by atoms with Crippen LogP contribution < -0.4 is 10.6 Å². The molecule has 0 bridgehead atoms. The maximum Gasteiger partial charge on any atom is 0.191 e. The molecule has 1 atom stereocenters. The maximum absolute atomic E-state index is 14.5. The number of rotatable bonds is 3. The third kappa shape index (κ3) is 5.45. The summed E-state index contributed by atoms with van der Waals surface area (Å²) in [6.45, 7) is 5.91. The van der Waals surface area contributed by atoms with Crippen molar-refractivity contribution in [3.63, 3.8) is 0 Å². The third-order valence-corrected chi connectivity index (χ3v) is 5.22. The van der Waals surface area contributed by atoms with Crippen LogP contribution >= 0.6 is 24.0 Å². The van der Waals surface area contributed by atoms with Gasteiger partial charge in [-0.15, -0.1) is 24.0 Å². The van der Waals surface area contributed by atoms with E-state index >= 15 is 0 Å². The first-order valence-electron chi connectivity index (χ1n) is 9.29. The molecule has 1 aromatic rings. The first kappa shape index (κ1) is 21.2. The summed E-state index contributed by atoms with van der Waals surface area (Å²) in [7, 11) is 0. The fraction of sp³-hybridized carbons (Fsp3) is 0.632. The fourth-order valence-electron chi connectivity index (χ4n) is 3.68. The minimum Gasteiger partial charge on any atom is -0.393 e. The van der Waals surface area contributed by atoms with Gasteiger partial charge in [-0.3, -0.25) is 0 Å². The SMILES string of the molecule is CC1CCCN(C(N)=NCc2ccc(N3CCC(O)CC3)c(F)c2)C1.I. The topological polar surface area (TPSA) is 65.1 Å². The summed E-state index contributed by atoms with van der Waals surface area (Å²) in [6, 6.07) is 5.28. The molecule has 7 heteroatoms. The fourth-order valence-corrected chi connectivity index (χ4v) is 3.68. The second kappa shape index (κ2) is 9.73. The van der Waals surface area contributed by atoms with Crippen molar-refractivity contribution < 1.29 is 9.50 Å². The number of aliphatic hydroxyl groups excluding tert-OH is 1. The van der Waals surface area contributed by atoms with Gasteiger partial charge in [-0.1, -0.05) is 13.0 Å². The van der Waals surface area contributed by atoms with Crippen molar-refractivity contribution in [2.75, 3.05) is 31.1 Å². The van der Waals surface area contributed by atoms with Crippen LogP contribution in [0, 0.1) is 11.7 Å². The predicted octanol–water partition coefficient (Wildman–Crippen LogP) is 2.95. The van der Waals surface area contributed by atoms with Crippen LogP contribution in [-0.2, 0) is 6.54 Å². The van der Waals surface area contributed by atoms with E-state index in [1.165, 1.54) is 6.42 Å². The lowest BCUT2D eigenvalue weighted by Crippen LogP contribution is -2.43. The quantitative estimate of drug-likeness (QED) is 0.400. The highest BCUT2D eigenvalue weighted by Crippen LogP contribution is 2.24. The van der Waals surface area contributed by atoms with Gasteiger partial charge in [-0.2, -0.15) is 0 Å². The summed E-state index contributed by atoms with van der Waals surface area (Å²) in [6.07, 6.45) is 3.51. The van der Waals surface area contributed by atoms with E-state index in [0.717, 1.165) is 25.1 Å². The average molecular weight is 476 g/mol. The van der Waals surface area contributed by atoms with Gasteiger partial charge in [0.1, 0.15) is 5.82 Å². The molecular weight excluding hydrogens is 446 g/mol. The highest BCUT2D eigenvalue weighted by atomic mass is 127. The van der Waals surface area contributed by atoms with Crippen molar-refractivity contribution >= 4 is 35.6 Å². The smallest absolute Gasteiger partial charge is 0.191 e. The van der Waals surface area contributed by atoms with Crippen molar-refractivity contribution in [2.24, 2.45) is 16.6 Å². The lowest BCUT2D eigenvalue weighted by molar-refractivity contribution is 0.145. The van der Waals surface area contributed by atoms with E-state index < -0.39 is 0 Å². The summed E-state index contributed by atoms with van der Waals surface area (Å²) < 4.78 is 14.5. The molecule has 2 fully saturated rings. The summed E-state index contributed by atoms with van der Waals surface area (Å²) in [4.78, 5) is 8.57. The molecule has 0 radical (unpaired) electrons. The zero-order chi connectivity index (χ0) is 17.8. The summed E-state index contributed by atoms with van der Waals surface area (Å²) in [5.74, 6) is 0.970. The Morgan fingerprint density at radius 3 is 2.65 bits per heavy atom. The second-order valence-electron chi connectivity index (χ2n) is 7.37. The zero-order valence-electron chi connectivity index (χ0n) is 15.4. The lowest BCUT2D eigenvalue weighted by atomic mass is 10.0. The average Bonchev–Trinajstić information content (AvgIpc) is 2.61. The van der Waals surface area contributed by atoms with Crippen LogP contribution in [0.3, 0.4) is 0 Å². The van der Waals surface area contributed by atoms with Gasteiger partial charge < -0.3 is 20.6 Å². The molecule has 2 aliphatic heterocycles. The van der Waals surface area contributed by atoms with Crippen molar-refractivity contribution in [1.82, 2.24) is 4.90 Å². The monoisotopic (exact) mass is 476 g/mol. The Hall–Kier alpha value is -1.09. The minimum absolute atomic E-state index is 0. The van der Waals surface area contributed by atoms with E-state index in [1.807, 2.05) is 17.0 Å². The van der Waals surface area contributed by atoms with Crippen molar-refractivity contribution in [2.45, 2.75) is 45.3 Å². The van der Waals surface area contributed by atoms with Crippen LogP contribution in [0.2, 0.25) is 0 Å². The van der Waals surface area contributed by atoms with E-state index in [9.17, 15) is 9.50 Å². The van der Waals surface area contributed by atoms with Crippen LogP contribution in [0.5, 0.6) is 0 Å². The van der Waals surface area contributed by atoms with Gasteiger partial charge in [0, 0.05) is 26.2 Å². The maximum atomic E-state index is 14.5. The molecule has 2 saturated heterocycles. The number of hydrogen-bond acceptors (Lipinski definition) is 3. The Kier molecular flexibility index (Phi) is 7.94. The van der Waals surface area contributed by atoms with Gasteiger partial charge in [0.25, 0.3) is 0 Å². The first-order valence-corrected chi connectivity index (χ1v) is 9.29. The number of anilines is 1. The molecule has 0 saturated carbocycles. The van der Waals surface area contributed by atoms with Crippen LogP contribution in [0.15, 0.2) is 23.2 Å². The zero-order valence-corrected chi connectivity index (χ0v) is 17.7. The molecule has 0 amide bonds. The Balaban J connectivity index is 0.00000243. The number of nitrogens with two attached hydrogens (primary N) is 1. The molecule has 146 valence electrons. The van der Waals surface area contributed by atoms with Gasteiger partial charge in [0.2, 0.25) is 0 Å². The van der Waals surface area contributed by atoms with Crippen LogP contribution in [-0.4, -0.2) is 48.2 Å². The van der Waals surface area contributed by atoms with E-state index in [1.54, 1.807) is 6.07 Å². The molecule has 2 heterocycles. The standard InChI is InChI=1S/C19H29FN4O.HI/c1-14-3-2-8-24(13-14)19(21)22-12-15-4-5-18(17(20)11-15)23-9-6-16(25)7-10-23;/h4-5,11,14,16,25H,2-3,6-10,12-13H2,1H3,(H2,21,22);1H. The van der Waals surface area contributed by atoms with E-state index in [4.69, 9.17) is 5.73 Å². The number of piperidine rings is 2. The largest absolute Gasteiger partial charge is 0.393 e. The highest BCUT2D eigenvalue weighted by molar-refractivity contribution is 14.0. The van der Waals surface area contributed by atoms with E-state index in [2.05, 4.69) is 16.8 Å². The molecule has 0 aromatic heterocycles. The predicted molar refractivity (Wildman–Crippen MR) is 115 cm³/mol. The molecule has 1 unspecified atom stereocenters. The third-order valence-electron chi connectivity index (χ3n) is 5.22. The molecule has 0 spiro atoms. The number of benzene rings is 1. The molecule has 0 aliphatic carbocycles. The Morgan fingerprint density at radius 1 is 1.27 bits per heavy atom. The molecule has 3 rings (SSSR count). The number of guanidine groups is 1. The van der Waals surface area contributed by atoms with Gasteiger partial charge >= 0.3 is 0 Å². The Morgan fingerprint density at radius 2 is 2.00 bits per heavy atom. The molecule has 2 aliphatic rings. The molecule has 3 N–H and O–H groups in total. The number of aliphatic hydroxyl groups is 1. The second-order valence-corrected chi connectivity index (χ2v) is 7.37. The molecule has 26 heavy (non-hydrogen) atoms. The molecular formula is C19H30FIN4O. The lowest BCUT2D eigenvalue weighted by Gasteiger charge is -2.32. The summed E-state index contributed by atoms with van der Waals surface area (Å²) >= 11 is 0. The minimum atomic E-state index is -0.256. The number of nitrogens with zero attached hydrogens (tertiary/aromatic N) is 3. The highest BCUT2D eigenvalue weighted by Gasteiger charge is 2.20. The normalized spacial score (nSPS) is 22.3. The van der Waals surface area contributed by atoms with Crippen molar-refractivity contribution in [3.05, 3.63) is 29.6 Å². The van der Waals surface area contributed by atoms with Crippen molar-refractivity contribution in [3.8, 4) is 0 Å². The molecule has 5 nitrogen and oxygen atoms in total. The van der Waals surface area contributed by atoms with Gasteiger partial charge in [-0.25, -0.2) is 9.38 Å². The number of hydrogen-bond donors (Lipinski definition) is 2. The van der Waals surface area contributed by atoms with Crippen LogP contribution in [0.25, 0.3) is 0 Å². The molecule has 1 aromatic carbocycles. The summed E-state index contributed by atoms with van der Waals surface area (Å²) in [5.41, 5.74) is 7.54. The van der Waals surface area contributed by atoms with Crippen LogP contribution in [0.1, 0.15) is 38.2 Å². The van der Waals surface area contributed by atoms with E-state index in [0.29, 0.717) is 50.0 Å². The Labute approximate surface area is 172 Å². The summed E-state index contributed by atoms with van der Waals surface area (Å²) in [5, 5.41) is 9.58. The first-order chi connectivity index (χ1) is 12.0. The Bertz CT molecular complexity index is 620. The van der Waals surface area contributed by atoms with Crippen LogP contribution in [0.4, 0.5) is 10.1 Å². The van der Waals surface area contributed by atoms with Gasteiger partial charge in [0.15, 0.2) is 5.96 Å². The van der Waals surface area contributed by atoms with Crippen molar-refractivity contribution in [1.29, 1.82) is 0 Å². The van der Waals surface area contributed by atoms with E-state index in [-0.39, 0.29) is 35.9 Å². The number of halogens is 2. The van der Waals surface area contributed by atoms with Gasteiger partial charge in [-0.05, 0) is 49.3 Å². The number of aliphatic imine (C=N–C) groups is 1. The number of likely N-dealkylation sites (tertiary alicyclic amines) is 1.